The molecule has 0 bridgehead atoms. The third-order valence-electron chi connectivity index (χ3n) is 5.21. The largest absolute Gasteiger partial charge is 0.489 e. The number of anilines is 1. The zero-order chi connectivity index (χ0) is 20.0. The van der Waals surface area contributed by atoms with Gasteiger partial charge in [-0.3, -0.25) is 4.40 Å². The average Bonchev–Trinajstić information content (AvgIpc) is 3.20. The SMILES string of the molecule is Cc1ncc(-c2cc3c(n4cnnc24)NCc2c(F)cccc2CCO3)c(C)n1. The molecule has 1 aromatic carbocycles. The topological polar surface area (TPSA) is 77.2 Å². The maximum absolute atomic E-state index is 14.4. The van der Waals surface area contributed by atoms with Crippen molar-refractivity contribution in [3.63, 3.8) is 0 Å². The molecule has 146 valence electrons. The van der Waals surface area contributed by atoms with Gasteiger partial charge < -0.3 is 10.1 Å². The van der Waals surface area contributed by atoms with Crippen molar-refractivity contribution in [1.29, 1.82) is 0 Å². The fraction of sp³-hybridized carbons (Fsp3) is 0.238. The molecule has 0 amide bonds. The average molecular weight is 390 g/mol. The molecule has 8 heteroatoms. The van der Waals surface area contributed by atoms with Gasteiger partial charge in [-0.05, 0) is 31.5 Å². The zero-order valence-electron chi connectivity index (χ0n) is 16.1. The molecule has 1 N–H and O–H groups in total. The number of ether oxygens (including phenoxy) is 1. The first-order valence-corrected chi connectivity index (χ1v) is 9.42. The van der Waals surface area contributed by atoms with Gasteiger partial charge in [0, 0.05) is 41.5 Å². The van der Waals surface area contributed by atoms with Crippen LogP contribution in [0.5, 0.6) is 5.75 Å². The monoisotopic (exact) mass is 390 g/mol. The standard InChI is InChI=1S/C21H19FN6O/c1-12-16(9-23-13(2)26-12)15-8-19-21(28-11-25-27-20(15)28)24-10-17-14(6-7-29-19)4-3-5-18(17)22/h3-5,8-9,11,24H,6-7,10H2,1-2H3. The van der Waals surface area contributed by atoms with E-state index in [2.05, 4.69) is 25.5 Å². The van der Waals surface area contributed by atoms with Crippen LogP contribution in [0.1, 0.15) is 22.6 Å². The Labute approximate surface area is 166 Å². The summed E-state index contributed by atoms with van der Waals surface area (Å²) in [5, 5.41) is 11.7. The zero-order valence-corrected chi connectivity index (χ0v) is 16.1. The van der Waals surface area contributed by atoms with Crippen LogP contribution in [0.15, 0.2) is 36.8 Å². The molecular weight excluding hydrogens is 371 g/mol. The lowest BCUT2D eigenvalue weighted by atomic mass is 10.0. The van der Waals surface area contributed by atoms with E-state index in [1.165, 1.54) is 6.07 Å². The lowest BCUT2D eigenvalue weighted by Crippen LogP contribution is -2.08. The first kappa shape index (κ1) is 17.5. The van der Waals surface area contributed by atoms with Crippen LogP contribution in [-0.4, -0.2) is 31.2 Å². The molecule has 4 aromatic rings. The predicted octanol–water partition coefficient (Wildman–Crippen LogP) is 3.49. The lowest BCUT2D eigenvalue weighted by Gasteiger charge is -2.16. The summed E-state index contributed by atoms with van der Waals surface area (Å²) < 4.78 is 22.3. The van der Waals surface area contributed by atoms with Gasteiger partial charge in [0.1, 0.15) is 18.0 Å². The fourth-order valence-corrected chi connectivity index (χ4v) is 3.77. The minimum absolute atomic E-state index is 0.220. The van der Waals surface area contributed by atoms with E-state index in [9.17, 15) is 4.39 Å². The molecule has 0 saturated heterocycles. The number of nitrogens with zero attached hydrogens (tertiary/aromatic N) is 5. The van der Waals surface area contributed by atoms with Gasteiger partial charge in [0.25, 0.3) is 0 Å². The first-order valence-electron chi connectivity index (χ1n) is 9.42. The summed E-state index contributed by atoms with van der Waals surface area (Å²) in [6.07, 6.45) is 4.04. The van der Waals surface area contributed by atoms with Crippen molar-refractivity contribution in [3.8, 4) is 16.9 Å². The molecule has 0 atom stereocenters. The molecule has 1 aliphatic heterocycles. The molecule has 0 fully saturated rings. The lowest BCUT2D eigenvalue weighted by molar-refractivity contribution is 0.322. The normalized spacial score (nSPS) is 13.5. The van der Waals surface area contributed by atoms with E-state index in [0.717, 1.165) is 22.4 Å². The Balaban J connectivity index is 1.67. The Morgan fingerprint density at radius 1 is 1.21 bits per heavy atom. The third-order valence-corrected chi connectivity index (χ3v) is 5.21. The molecule has 3 aromatic heterocycles. The van der Waals surface area contributed by atoms with Crippen molar-refractivity contribution in [2.24, 2.45) is 0 Å². The summed E-state index contributed by atoms with van der Waals surface area (Å²) in [5.74, 6) is 1.84. The van der Waals surface area contributed by atoms with E-state index >= 15 is 0 Å². The summed E-state index contributed by atoms with van der Waals surface area (Å²) in [7, 11) is 0. The second-order valence-corrected chi connectivity index (χ2v) is 7.04. The summed E-state index contributed by atoms with van der Waals surface area (Å²) in [6, 6.07) is 7.08. The minimum Gasteiger partial charge on any atom is -0.489 e. The number of nitrogens with one attached hydrogen (secondary N) is 1. The molecule has 7 nitrogen and oxygen atoms in total. The molecule has 0 aliphatic carbocycles. The van der Waals surface area contributed by atoms with Gasteiger partial charge in [-0.15, -0.1) is 10.2 Å². The minimum atomic E-state index is -0.220. The Hall–Kier alpha value is -3.55. The van der Waals surface area contributed by atoms with Gasteiger partial charge in [-0.2, -0.15) is 0 Å². The summed E-state index contributed by atoms with van der Waals surface area (Å²) >= 11 is 0. The summed E-state index contributed by atoms with van der Waals surface area (Å²) in [4.78, 5) is 8.81. The molecule has 29 heavy (non-hydrogen) atoms. The molecule has 0 unspecified atom stereocenters. The number of hydrogen-bond donors (Lipinski definition) is 1. The molecule has 5 rings (SSSR count). The predicted molar refractivity (Wildman–Crippen MR) is 106 cm³/mol. The van der Waals surface area contributed by atoms with Crippen LogP contribution in [-0.2, 0) is 13.0 Å². The van der Waals surface area contributed by atoms with Crippen molar-refractivity contribution in [1.82, 2.24) is 24.6 Å². The van der Waals surface area contributed by atoms with Gasteiger partial charge in [0.05, 0.1) is 6.61 Å². The van der Waals surface area contributed by atoms with Crippen LogP contribution in [0.3, 0.4) is 0 Å². The molecule has 0 saturated carbocycles. The highest BCUT2D eigenvalue weighted by atomic mass is 19.1. The van der Waals surface area contributed by atoms with Crippen LogP contribution in [0.2, 0.25) is 0 Å². The second-order valence-electron chi connectivity index (χ2n) is 7.04. The Morgan fingerprint density at radius 2 is 2.10 bits per heavy atom. The number of aromatic nitrogens is 5. The fourth-order valence-electron chi connectivity index (χ4n) is 3.77. The second kappa shape index (κ2) is 6.80. The smallest absolute Gasteiger partial charge is 0.170 e. The Morgan fingerprint density at radius 3 is 2.97 bits per heavy atom. The number of aryl methyl sites for hydroxylation is 2. The highest BCUT2D eigenvalue weighted by Crippen LogP contribution is 2.36. The summed E-state index contributed by atoms with van der Waals surface area (Å²) in [6.45, 7) is 4.58. The molecule has 0 spiro atoms. The van der Waals surface area contributed by atoms with E-state index in [0.29, 0.717) is 48.2 Å². The van der Waals surface area contributed by atoms with Crippen molar-refractivity contribution in [2.45, 2.75) is 26.8 Å². The highest BCUT2D eigenvalue weighted by Gasteiger charge is 2.20. The van der Waals surface area contributed by atoms with Crippen molar-refractivity contribution < 1.29 is 9.13 Å². The Bertz CT molecular complexity index is 1240. The van der Waals surface area contributed by atoms with E-state index in [-0.39, 0.29) is 5.82 Å². The van der Waals surface area contributed by atoms with Gasteiger partial charge in [-0.1, -0.05) is 12.1 Å². The molecule has 4 heterocycles. The van der Waals surface area contributed by atoms with Crippen LogP contribution in [0.4, 0.5) is 10.2 Å². The number of halogens is 1. The van der Waals surface area contributed by atoms with E-state index in [1.54, 1.807) is 18.6 Å². The van der Waals surface area contributed by atoms with Gasteiger partial charge in [0.15, 0.2) is 17.2 Å². The van der Waals surface area contributed by atoms with Gasteiger partial charge in [-0.25, -0.2) is 14.4 Å². The van der Waals surface area contributed by atoms with Crippen LogP contribution >= 0.6 is 0 Å². The first-order chi connectivity index (χ1) is 14.1. The highest BCUT2D eigenvalue weighted by molar-refractivity contribution is 5.82. The van der Waals surface area contributed by atoms with E-state index in [1.807, 2.05) is 30.4 Å². The van der Waals surface area contributed by atoms with Crippen LogP contribution < -0.4 is 10.1 Å². The number of benzene rings is 1. The quantitative estimate of drug-likeness (QED) is 0.536. The molecular formula is C21H19FN6O. The van der Waals surface area contributed by atoms with Crippen molar-refractivity contribution in [2.75, 3.05) is 11.9 Å². The van der Waals surface area contributed by atoms with Crippen molar-refractivity contribution >= 4 is 11.5 Å². The molecule has 1 aliphatic rings. The maximum Gasteiger partial charge on any atom is 0.170 e. The third kappa shape index (κ3) is 2.97. The van der Waals surface area contributed by atoms with Crippen LogP contribution in [0, 0.1) is 19.7 Å². The Kier molecular flexibility index (Phi) is 4.12. The summed E-state index contributed by atoms with van der Waals surface area (Å²) in [5.41, 5.74) is 4.80. The number of hydrogen-bond acceptors (Lipinski definition) is 6. The molecule has 0 radical (unpaired) electrons. The van der Waals surface area contributed by atoms with Gasteiger partial charge in [0.2, 0.25) is 0 Å². The number of pyridine rings is 1. The van der Waals surface area contributed by atoms with E-state index < -0.39 is 0 Å². The van der Waals surface area contributed by atoms with Crippen molar-refractivity contribution in [3.05, 3.63) is 65.3 Å². The number of fused-ring (bicyclic) bond motifs is 4. The van der Waals surface area contributed by atoms with E-state index in [4.69, 9.17) is 4.74 Å². The maximum atomic E-state index is 14.4. The number of rotatable bonds is 1. The van der Waals surface area contributed by atoms with Gasteiger partial charge >= 0.3 is 0 Å². The van der Waals surface area contributed by atoms with Crippen LogP contribution in [0.25, 0.3) is 16.8 Å².